The van der Waals surface area contributed by atoms with Crippen molar-refractivity contribution in [1.82, 2.24) is 4.90 Å². The Morgan fingerprint density at radius 2 is 1.72 bits per heavy atom. The van der Waals surface area contributed by atoms with Crippen molar-refractivity contribution < 1.29 is 8.78 Å². The molecule has 18 heavy (non-hydrogen) atoms. The van der Waals surface area contributed by atoms with Gasteiger partial charge in [-0.1, -0.05) is 6.42 Å². The lowest BCUT2D eigenvalue weighted by atomic mass is 9.99. The van der Waals surface area contributed by atoms with Crippen LogP contribution in [0, 0.1) is 11.6 Å². The number of halogens is 2. The van der Waals surface area contributed by atoms with Gasteiger partial charge in [0.25, 0.3) is 0 Å². The van der Waals surface area contributed by atoms with Crippen molar-refractivity contribution in [2.24, 2.45) is 0 Å². The molecule has 0 saturated carbocycles. The third-order valence-corrected chi connectivity index (χ3v) is 4.05. The fraction of sp³-hybridized carbons (Fsp3) is 0.571. The summed E-state index contributed by atoms with van der Waals surface area (Å²) in [6.07, 6.45) is 3.76. The second kappa shape index (κ2) is 4.84. The lowest BCUT2D eigenvalue weighted by Crippen LogP contribution is -2.54. The minimum Gasteiger partial charge on any atom is -0.369 e. The lowest BCUT2D eigenvalue weighted by Gasteiger charge is -2.44. The molecule has 1 atom stereocenters. The van der Waals surface area contributed by atoms with Gasteiger partial charge in [0, 0.05) is 37.4 Å². The Balaban J connectivity index is 1.76. The third-order valence-electron chi connectivity index (χ3n) is 4.05. The smallest absolute Gasteiger partial charge is 0.128 e. The van der Waals surface area contributed by atoms with Crippen molar-refractivity contribution >= 4 is 5.69 Å². The summed E-state index contributed by atoms with van der Waals surface area (Å²) in [7, 11) is 0. The second-order valence-electron chi connectivity index (χ2n) is 5.26. The molecule has 0 amide bonds. The molecule has 2 aliphatic heterocycles. The van der Waals surface area contributed by atoms with Crippen molar-refractivity contribution in [3.05, 3.63) is 29.8 Å². The van der Waals surface area contributed by atoms with E-state index < -0.39 is 11.6 Å². The van der Waals surface area contributed by atoms with Gasteiger partial charge in [-0.05, 0) is 31.5 Å². The van der Waals surface area contributed by atoms with Crippen LogP contribution >= 0.6 is 0 Å². The van der Waals surface area contributed by atoms with E-state index in [1.165, 1.54) is 37.9 Å². The highest BCUT2D eigenvalue weighted by Gasteiger charge is 2.29. The normalized spacial score (nSPS) is 25.0. The summed E-state index contributed by atoms with van der Waals surface area (Å²) in [6.45, 7) is 3.93. The number of hydrogen-bond acceptors (Lipinski definition) is 2. The highest BCUT2D eigenvalue weighted by atomic mass is 19.1. The van der Waals surface area contributed by atoms with Crippen LogP contribution in [0.1, 0.15) is 19.3 Å². The Morgan fingerprint density at radius 1 is 0.944 bits per heavy atom. The first kappa shape index (κ1) is 11.9. The van der Waals surface area contributed by atoms with Crippen LogP contribution in [0.2, 0.25) is 0 Å². The van der Waals surface area contributed by atoms with E-state index in [-0.39, 0.29) is 0 Å². The summed E-state index contributed by atoms with van der Waals surface area (Å²) < 4.78 is 26.5. The fourth-order valence-electron chi connectivity index (χ4n) is 3.11. The zero-order valence-electron chi connectivity index (χ0n) is 10.4. The number of anilines is 1. The third kappa shape index (κ3) is 2.34. The van der Waals surface area contributed by atoms with Gasteiger partial charge < -0.3 is 4.90 Å². The number of benzene rings is 1. The Morgan fingerprint density at radius 3 is 2.50 bits per heavy atom. The quantitative estimate of drug-likeness (QED) is 0.758. The van der Waals surface area contributed by atoms with E-state index in [0.717, 1.165) is 25.7 Å². The molecule has 0 bridgehead atoms. The van der Waals surface area contributed by atoms with Crippen LogP contribution in [0.25, 0.3) is 0 Å². The molecule has 98 valence electrons. The molecule has 2 nitrogen and oxygen atoms in total. The molecule has 0 aliphatic carbocycles. The standard InChI is InChI=1S/C14H18F2N2/c15-11-7-12(16)9-14(8-11)18-6-5-17-4-2-1-3-13(17)10-18/h7-9,13H,1-6,10H2. The number of nitrogens with zero attached hydrogens (tertiary/aromatic N) is 2. The van der Waals surface area contributed by atoms with E-state index in [9.17, 15) is 8.78 Å². The van der Waals surface area contributed by atoms with Gasteiger partial charge in [-0.3, -0.25) is 4.90 Å². The maximum Gasteiger partial charge on any atom is 0.128 e. The Hall–Kier alpha value is -1.16. The van der Waals surface area contributed by atoms with Gasteiger partial charge in [-0.15, -0.1) is 0 Å². The van der Waals surface area contributed by atoms with Gasteiger partial charge in [0.05, 0.1) is 0 Å². The molecule has 0 radical (unpaired) electrons. The second-order valence-corrected chi connectivity index (χ2v) is 5.26. The van der Waals surface area contributed by atoms with E-state index in [2.05, 4.69) is 9.80 Å². The number of piperazine rings is 1. The predicted octanol–water partition coefficient (Wildman–Crippen LogP) is 2.64. The topological polar surface area (TPSA) is 6.48 Å². The molecule has 2 saturated heterocycles. The summed E-state index contributed by atoms with van der Waals surface area (Å²) in [5, 5.41) is 0. The van der Waals surface area contributed by atoms with Crippen LogP contribution in [-0.4, -0.2) is 37.1 Å². The van der Waals surface area contributed by atoms with Gasteiger partial charge in [0.1, 0.15) is 11.6 Å². The van der Waals surface area contributed by atoms with Gasteiger partial charge in [-0.2, -0.15) is 0 Å². The van der Waals surface area contributed by atoms with E-state index in [1.807, 2.05) is 0 Å². The largest absolute Gasteiger partial charge is 0.369 e. The Bertz CT molecular complexity index is 416. The minimum atomic E-state index is -0.490. The van der Waals surface area contributed by atoms with Crippen molar-refractivity contribution in [3.63, 3.8) is 0 Å². The molecule has 1 aromatic carbocycles. The van der Waals surface area contributed by atoms with Crippen LogP contribution in [0.3, 0.4) is 0 Å². The van der Waals surface area contributed by atoms with Gasteiger partial charge in [-0.25, -0.2) is 8.78 Å². The fourth-order valence-corrected chi connectivity index (χ4v) is 3.11. The molecule has 1 aromatic rings. The van der Waals surface area contributed by atoms with Crippen LogP contribution in [0.15, 0.2) is 18.2 Å². The SMILES string of the molecule is Fc1cc(F)cc(N2CCN3CCCCC3C2)c1. The summed E-state index contributed by atoms with van der Waals surface area (Å²) in [5.41, 5.74) is 0.678. The molecule has 0 spiro atoms. The van der Waals surface area contributed by atoms with Crippen LogP contribution in [-0.2, 0) is 0 Å². The summed E-state index contributed by atoms with van der Waals surface area (Å²) in [5.74, 6) is -0.979. The molecule has 1 unspecified atom stereocenters. The maximum atomic E-state index is 13.2. The van der Waals surface area contributed by atoms with Crippen LogP contribution in [0.5, 0.6) is 0 Å². The molecule has 2 fully saturated rings. The van der Waals surface area contributed by atoms with Crippen molar-refractivity contribution in [1.29, 1.82) is 0 Å². The monoisotopic (exact) mass is 252 g/mol. The molecule has 2 heterocycles. The zero-order valence-corrected chi connectivity index (χ0v) is 10.4. The first-order valence-corrected chi connectivity index (χ1v) is 6.67. The average Bonchev–Trinajstić information content (AvgIpc) is 2.37. The van der Waals surface area contributed by atoms with E-state index >= 15 is 0 Å². The van der Waals surface area contributed by atoms with Crippen molar-refractivity contribution in [3.8, 4) is 0 Å². The maximum absolute atomic E-state index is 13.2. The summed E-state index contributed by atoms with van der Waals surface area (Å²) in [6, 6.07) is 4.35. The Kier molecular flexibility index (Phi) is 3.20. The zero-order chi connectivity index (χ0) is 12.5. The molecular weight excluding hydrogens is 234 g/mol. The molecule has 0 aromatic heterocycles. The number of rotatable bonds is 1. The van der Waals surface area contributed by atoms with Crippen molar-refractivity contribution in [2.45, 2.75) is 25.3 Å². The average molecular weight is 252 g/mol. The summed E-state index contributed by atoms with van der Waals surface area (Å²) in [4.78, 5) is 4.62. The molecule has 0 N–H and O–H groups in total. The van der Waals surface area contributed by atoms with Crippen LogP contribution < -0.4 is 4.90 Å². The van der Waals surface area contributed by atoms with E-state index in [1.54, 1.807) is 0 Å². The molecule has 4 heteroatoms. The number of piperidine rings is 1. The lowest BCUT2D eigenvalue weighted by molar-refractivity contribution is 0.133. The van der Waals surface area contributed by atoms with E-state index in [4.69, 9.17) is 0 Å². The van der Waals surface area contributed by atoms with Gasteiger partial charge >= 0.3 is 0 Å². The predicted molar refractivity (Wildman–Crippen MR) is 67.8 cm³/mol. The molecule has 2 aliphatic rings. The summed E-state index contributed by atoms with van der Waals surface area (Å²) >= 11 is 0. The number of hydrogen-bond donors (Lipinski definition) is 0. The Labute approximate surface area is 106 Å². The highest BCUT2D eigenvalue weighted by molar-refractivity contribution is 5.47. The van der Waals surface area contributed by atoms with Gasteiger partial charge in [0.2, 0.25) is 0 Å². The first-order valence-electron chi connectivity index (χ1n) is 6.67. The van der Waals surface area contributed by atoms with Gasteiger partial charge in [0.15, 0.2) is 0 Å². The van der Waals surface area contributed by atoms with Crippen molar-refractivity contribution in [2.75, 3.05) is 31.1 Å². The first-order chi connectivity index (χ1) is 8.72. The minimum absolute atomic E-state index is 0.490. The number of fused-ring (bicyclic) bond motifs is 1. The molecular formula is C14H18F2N2. The highest BCUT2D eigenvalue weighted by Crippen LogP contribution is 2.25. The molecule has 3 rings (SSSR count). The van der Waals surface area contributed by atoms with E-state index in [0.29, 0.717) is 11.7 Å². The van der Waals surface area contributed by atoms with Crippen LogP contribution in [0.4, 0.5) is 14.5 Å².